The zero-order chi connectivity index (χ0) is 14.9. The van der Waals surface area contributed by atoms with Crippen molar-refractivity contribution in [2.24, 2.45) is 0 Å². The lowest BCUT2D eigenvalue weighted by Gasteiger charge is -2.17. The fourth-order valence-electron chi connectivity index (χ4n) is 2.03. The first-order valence-corrected chi connectivity index (χ1v) is 6.44. The number of nitrogens with one attached hydrogen (secondary N) is 1. The molecule has 1 N–H and O–H groups in total. The fourth-order valence-corrected chi connectivity index (χ4v) is 2.03. The minimum atomic E-state index is -0.732. The molecule has 1 aliphatic rings. The Balaban J connectivity index is 2.44. The molecule has 1 aliphatic carbocycles. The number of benzene rings is 1. The number of halogens is 1. The van der Waals surface area contributed by atoms with E-state index in [1.807, 2.05) is 0 Å². The van der Waals surface area contributed by atoms with Gasteiger partial charge >= 0.3 is 0 Å². The van der Waals surface area contributed by atoms with E-state index < -0.39 is 22.3 Å². The van der Waals surface area contributed by atoms with Gasteiger partial charge < -0.3 is 10.2 Å². The smallest absolute Gasteiger partial charge is 0.285 e. The van der Waals surface area contributed by atoms with Crippen molar-refractivity contribution >= 4 is 17.3 Å². The van der Waals surface area contributed by atoms with Crippen molar-refractivity contribution in [2.75, 3.05) is 18.9 Å². The lowest BCUT2D eigenvalue weighted by molar-refractivity contribution is -0.385. The largest absolute Gasteiger partial charge is 0.383 e. The average Bonchev–Trinajstić information content (AvgIpc) is 3.23. The first-order valence-electron chi connectivity index (χ1n) is 6.44. The van der Waals surface area contributed by atoms with Crippen LogP contribution in [0.25, 0.3) is 0 Å². The van der Waals surface area contributed by atoms with E-state index in [9.17, 15) is 19.3 Å². The van der Waals surface area contributed by atoms with Crippen molar-refractivity contribution in [3.05, 3.63) is 33.6 Å². The molecule has 1 fully saturated rings. The topological polar surface area (TPSA) is 75.5 Å². The molecule has 1 aromatic rings. The number of hydrogen-bond donors (Lipinski definition) is 1. The van der Waals surface area contributed by atoms with Gasteiger partial charge in [0.25, 0.3) is 11.6 Å². The minimum Gasteiger partial charge on any atom is -0.383 e. The molecule has 0 radical (unpaired) electrons. The second kappa shape index (κ2) is 5.44. The molecule has 108 valence electrons. The van der Waals surface area contributed by atoms with E-state index in [-0.39, 0.29) is 17.3 Å². The Hall–Kier alpha value is -2.18. The predicted molar refractivity (Wildman–Crippen MR) is 72.3 cm³/mol. The first-order chi connectivity index (χ1) is 9.45. The van der Waals surface area contributed by atoms with Gasteiger partial charge in [0.15, 0.2) is 5.82 Å². The summed E-state index contributed by atoms with van der Waals surface area (Å²) in [6.07, 6.45) is 1.80. The van der Waals surface area contributed by atoms with Crippen LogP contribution in [0.15, 0.2) is 12.1 Å². The molecule has 0 unspecified atom stereocenters. The van der Waals surface area contributed by atoms with Crippen LogP contribution in [0, 0.1) is 15.9 Å². The molecule has 0 saturated heterocycles. The molecule has 1 aromatic carbocycles. The van der Waals surface area contributed by atoms with Gasteiger partial charge in [0.1, 0.15) is 5.56 Å². The maximum Gasteiger partial charge on any atom is 0.285 e. The Morgan fingerprint density at radius 3 is 2.70 bits per heavy atom. The van der Waals surface area contributed by atoms with E-state index in [0.29, 0.717) is 6.54 Å². The zero-order valence-corrected chi connectivity index (χ0v) is 11.4. The van der Waals surface area contributed by atoms with Crippen LogP contribution in [0.3, 0.4) is 0 Å². The molecule has 0 heterocycles. The van der Waals surface area contributed by atoms with Crippen LogP contribution in [0.1, 0.15) is 30.1 Å². The summed E-state index contributed by atoms with van der Waals surface area (Å²) in [7, 11) is 1.61. The maximum atomic E-state index is 13.7. The van der Waals surface area contributed by atoms with E-state index in [1.54, 1.807) is 14.0 Å². The second-order valence-corrected chi connectivity index (χ2v) is 4.78. The zero-order valence-electron chi connectivity index (χ0n) is 11.4. The van der Waals surface area contributed by atoms with E-state index in [2.05, 4.69) is 5.32 Å². The molecule has 7 heteroatoms. The Morgan fingerprint density at radius 2 is 2.20 bits per heavy atom. The Labute approximate surface area is 115 Å². The van der Waals surface area contributed by atoms with Crippen molar-refractivity contribution in [1.82, 2.24) is 4.90 Å². The standard InChI is InChI=1S/C13H16FN3O3/c1-3-15-11-6-9(12(17(19)20)7-10(11)14)13(18)16(2)8-4-5-8/h6-8,15H,3-5H2,1-2H3. The van der Waals surface area contributed by atoms with Crippen molar-refractivity contribution in [3.8, 4) is 0 Å². The molecule has 0 spiro atoms. The van der Waals surface area contributed by atoms with Crippen molar-refractivity contribution < 1.29 is 14.1 Å². The molecule has 6 nitrogen and oxygen atoms in total. The summed E-state index contributed by atoms with van der Waals surface area (Å²) >= 11 is 0. The van der Waals surface area contributed by atoms with Crippen LogP contribution in [0.5, 0.6) is 0 Å². The molecule has 20 heavy (non-hydrogen) atoms. The van der Waals surface area contributed by atoms with E-state index in [4.69, 9.17) is 0 Å². The Kier molecular flexibility index (Phi) is 3.87. The number of nitrogens with zero attached hydrogens (tertiary/aromatic N) is 2. The van der Waals surface area contributed by atoms with Crippen molar-refractivity contribution in [3.63, 3.8) is 0 Å². The van der Waals surface area contributed by atoms with Crippen LogP contribution in [-0.4, -0.2) is 35.4 Å². The highest BCUT2D eigenvalue weighted by Gasteiger charge is 2.33. The number of carbonyl (C=O) groups excluding carboxylic acids is 1. The summed E-state index contributed by atoms with van der Waals surface area (Å²) in [5.74, 6) is -1.18. The van der Waals surface area contributed by atoms with Gasteiger partial charge in [0.05, 0.1) is 16.7 Å². The molecule has 0 atom stereocenters. The summed E-state index contributed by atoms with van der Waals surface area (Å²) < 4.78 is 13.7. The molecule has 0 bridgehead atoms. The quantitative estimate of drug-likeness (QED) is 0.664. The highest BCUT2D eigenvalue weighted by Crippen LogP contribution is 2.31. The summed E-state index contributed by atoms with van der Waals surface area (Å²) in [6.45, 7) is 2.24. The van der Waals surface area contributed by atoms with Gasteiger partial charge in [-0.1, -0.05) is 0 Å². The van der Waals surface area contributed by atoms with Gasteiger partial charge in [0.2, 0.25) is 0 Å². The second-order valence-electron chi connectivity index (χ2n) is 4.78. The molecular formula is C13H16FN3O3. The summed E-state index contributed by atoms with van der Waals surface area (Å²) in [5.41, 5.74) is -0.478. The lowest BCUT2D eigenvalue weighted by Crippen LogP contribution is -2.29. The molecule has 1 saturated carbocycles. The maximum absolute atomic E-state index is 13.7. The van der Waals surface area contributed by atoms with E-state index in [0.717, 1.165) is 18.9 Å². The van der Waals surface area contributed by atoms with E-state index in [1.165, 1.54) is 11.0 Å². The predicted octanol–water partition coefficient (Wildman–Crippen LogP) is 2.40. The van der Waals surface area contributed by atoms with Gasteiger partial charge in [-0.15, -0.1) is 0 Å². The number of nitro groups is 1. The van der Waals surface area contributed by atoms with Gasteiger partial charge in [-0.05, 0) is 25.8 Å². The van der Waals surface area contributed by atoms with Crippen LogP contribution in [0.2, 0.25) is 0 Å². The lowest BCUT2D eigenvalue weighted by atomic mass is 10.1. The monoisotopic (exact) mass is 281 g/mol. The first kappa shape index (κ1) is 14.2. The molecule has 0 aliphatic heterocycles. The van der Waals surface area contributed by atoms with E-state index >= 15 is 0 Å². The Morgan fingerprint density at radius 1 is 1.55 bits per heavy atom. The SMILES string of the molecule is CCNc1cc(C(=O)N(C)C2CC2)c([N+](=O)[O-])cc1F. The van der Waals surface area contributed by atoms with Crippen molar-refractivity contribution in [1.29, 1.82) is 0 Å². The summed E-state index contributed by atoms with van der Waals surface area (Å²) in [5, 5.41) is 13.8. The molecule has 2 rings (SSSR count). The normalized spacial score (nSPS) is 13.9. The average molecular weight is 281 g/mol. The molecular weight excluding hydrogens is 265 g/mol. The number of hydrogen-bond acceptors (Lipinski definition) is 4. The third-order valence-corrected chi connectivity index (χ3v) is 3.29. The summed E-state index contributed by atoms with van der Waals surface area (Å²) in [4.78, 5) is 24.0. The van der Waals surface area contributed by atoms with Gasteiger partial charge in [-0.2, -0.15) is 0 Å². The highest BCUT2D eigenvalue weighted by atomic mass is 19.1. The van der Waals surface area contributed by atoms with Crippen molar-refractivity contribution in [2.45, 2.75) is 25.8 Å². The fraction of sp³-hybridized carbons (Fsp3) is 0.462. The van der Waals surface area contributed by atoms with Gasteiger partial charge in [-0.3, -0.25) is 14.9 Å². The number of rotatable bonds is 5. The number of nitro benzene ring substituents is 1. The number of amides is 1. The Bertz CT molecular complexity index is 558. The van der Waals surface area contributed by atoms with Crippen LogP contribution in [-0.2, 0) is 0 Å². The third kappa shape index (κ3) is 2.71. The highest BCUT2D eigenvalue weighted by molar-refractivity contribution is 5.99. The summed E-state index contributed by atoms with van der Waals surface area (Å²) in [6, 6.07) is 2.15. The number of carbonyl (C=O) groups is 1. The van der Waals surface area contributed by atoms with Gasteiger partial charge in [-0.25, -0.2) is 4.39 Å². The minimum absolute atomic E-state index is 0.0817. The van der Waals surface area contributed by atoms with Crippen LogP contribution >= 0.6 is 0 Å². The molecule has 1 amide bonds. The third-order valence-electron chi connectivity index (χ3n) is 3.29. The molecule has 0 aromatic heterocycles. The number of anilines is 1. The van der Waals surface area contributed by atoms with Gasteiger partial charge in [0, 0.05) is 19.6 Å². The van der Waals surface area contributed by atoms with Crippen LogP contribution < -0.4 is 5.32 Å². The van der Waals surface area contributed by atoms with Crippen LogP contribution in [0.4, 0.5) is 15.8 Å².